The zero-order valence-electron chi connectivity index (χ0n) is 7.46. The molecular formula is C9H10Cl2N2O. The highest BCUT2D eigenvalue weighted by molar-refractivity contribution is 6.35. The van der Waals surface area contributed by atoms with E-state index in [0.717, 1.165) is 25.3 Å². The summed E-state index contributed by atoms with van der Waals surface area (Å²) >= 11 is 11.7. The van der Waals surface area contributed by atoms with E-state index >= 15 is 0 Å². The normalized spacial score (nSPS) is 21.1. The van der Waals surface area contributed by atoms with Crippen molar-refractivity contribution in [2.45, 2.75) is 12.5 Å². The number of nitrogens with one attached hydrogen (secondary N) is 1. The highest BCUT2D eigenvalue weighted by Crippen LogP contribution is 2.24. The first kappa shape index (κ1) is 10.0. The van der Waals surface area contributed by atoms with Gasteiger partial charge in [-0.05, 0) is 12.5 Å². The van der Waals surface area contributed by atoms with Gasteiger partial charge in [-0.1, -0.05) is 23.2 Å². The Bertz CT molecular complexity index is 327. The summed E-state index contributed by atoms with van der Waals surface area (Å²) in [4.78, 5) is 3.96. The number of halogens is 2. The van der Waals surface area contributed by atoms with E-state index in [9.17, 15) is 0 Å². The van der Waals surface area contributed by atoms with Crippen molar-refractivity contribution >= 4 is 28.9 Å². The van der Waals surface area contributed by atoms with Crippen molar-refractivity contribution in [2.75, 3.05) is 18.5 Å². The molecule has 0 aromatic carbocycles. The zero-order valence-corrected chi connectivity index (χ0v) is 8.98. The van der Waals surface area contributed by atoms with Crippen LogP contribution in [-0.2, 0) is 4.74 Å². The van der Waals surface area contributed by atoms with Gasteiger partial charge in [-0.25, -0.2) is 4.98 Å². The molecule has 0 bridgehead atoms. The Morgan fingerprint density at radius 3 is 3.00 bits per heavy atom. The van der Waals surface area contributed by atoms with Gasteiger partial charge >= 0.3 is 0 Å². The molecule has 76 valence electrons. The molecule has 2 heterocycles. The lowest BCUT2D eigenvalue weighted by molar-refractivity contribution is 0.195. The standard InChI is InChI=1S/C9H10Cl2N2O/c10-7-3-9(11)12-4-8(7)13-6-1-2-14-5-6/h3-4,6,13H,1-2,5H2. The molecule has 14 heavy (non-hydrogen) atoms. The highest BCUT2D eigenvalue weighted by atomic mass is 35.5. The van der Waals surface area contributed by atoms with Crippen molar-refractivity contribution < 1.29 is 4.74 Å². The van der Waals surface area contributed by atoms with E-state index in [4.69, 9.17) is 27.9 Å². The smallest absolute Gasteiger partial charge is 0.130 e. The van der Waals surface area contributed by atoms with Crippen LogP contribution in [0.3, 0.4) is 0 Å². The van der Waals surface area contributed by atoms with Crippen LogP contribution in [0.1, 0.15) is 6.42 Å². The van der Waals surface area contributed by atoms with E-state index in [2.05, 4.69) is 10.3 Å². The first-order valence-corrected chi connectivity index (χ1v) is 5.16. The number of nitrogens with zero attached hydrogens (tertiary/aromatic N) is 1. The maximum atomic E-state index is 5.98. The summed E-state index contributed by atoms with van der Waals surface area (Å²) < 4.78 is 5.24. The lowest BCUT2D eigenvalue weighted by atomic mass is 10.2. The molecule has 2 rings (SSSR count). The van der Waals surface area contributed by atoms with Gasteiger partial charge in [-0.2, -0.15) is 0 Å². The van der Waals surface area contributed by atoms with E-state index in [1.807, 2.05) is 0 Å². The van der Waals surface area contributed by atoms with Crippen LogP contribution in [0.15, 0.2) is 12.3 Å². The van der Waals surface area contributed by atoms with E-state index in [1.54, 1.807) is 12.3 Å². The molecule has 1 aromatic heterocycles. The fraction of sp³-hybridized carbons (Fsp3) is 0.444. The first-order chi connectivity index (χ1) is 6.75. The van der Waals surface area contributed by atoms with Gasteiger partial charge in [0, 0.05) is 6.61 Å². The van der Waals surface area contributed by atoms with Gasteiger partial charge in [-0.15, -0.1) is 0 Å². The molecular weight excluding hydrogens is 223 g/mol. The summed E-state index contributed by atoms with van der Waals surface area (Å²) in [5.41, 5.74) is 0.812. The molecule has 1 fully saturated rings. The van der Waals surface area contributed by atoms with E-state index < -0.39 is 0 Å². The molecule has 1 N–H and O–H groups in total. The topological polar surface area (TPSA) is 34.1 Å². The summed E-state index contributed by atoms with van der Waals surface area (Å²) in [7, 11) is 0. The number of ether oxygens (including phenoxy) is 1. The second kappa shape index (κ2) is 4.34. The molecule has 1 aliphatic heterocycles. The Labute approximate surface area is 92.4 Å². The molecule has 5 heteroatoms. The lowest BCUT2D eigenvalue weighted by Gasteiger charge is -2.12. The van der Waals surface area contributed by atoms with Crippen LogP contribution in [0.25, 0.3) is 0 Å². The van der Waals surface area contributed by atoms with E-state index in [0.29, 0.717) is 16.2 Å². The Hall–Kier alpha value is -0.510. The van der Waals surface area contributed by atoms with Crippen molar-refractivity contribution in [3.63, 3.8) is 0 Å². The van der Waals surface area contributed by atoms with Gasteiger partial charge in [0.1, 0.15) is 5.15 Å². The van der Waals surface area contributed by atoms with Gasteiger partial charge in [-0.3, -0.25) is 0 Å². The van der Waals surface area contributed by atoms with Gasteiger partial charge in [0.2, 0.25) is 0 Å². The number of hydrogen-bond acceptors (Lipinski definition) is 3. The molecule has 0 aliphatic carbocycles. The van der Waals surface area contributed by atoms with E-state index in [-0.39, 0.29) is 0 Å². The largest absolute Gasteiger partial charge is 0.379 e. The molecule has 1 aliphatic rings. The Morgan fingerprint density at radius 2 is 2.36 bits per heavy atom. The average molecular weight is 233 g/mol. The number of aromatic nitrogens is 1. The first-order valence-electron chi connectivity index (χ1n) is 4.41. The number of anilines is 1. The van der Waals surface area contributed by atoms with Crippen LogP contribution in [0, 0.1) is 0 Å². The fourth-order valence-corrected chi connectivity index (χ4v) is 1.80. The van der Waals surface area contributed by atoms with Crippen molar-refractivity contribution in [3.05, 3.63) is 22.4 Å². The van der Waals surface area contributed by atoms with Gasteiger partial charge in [0.05, 0.1) is 29.6 Å². The summed E-state index contributed by atoms with van der Waals surface area (Å²) in [5, 5.41) is 4.26. The number of pyridine rings is 1. The molecule has 0 saturated carbocycles. The third kappa shape index (κ3) is 2.29. The number of rotatable bonds is 2. The van der Waals surface area contributed by atoms with E-state index in [1.165, 1.54) is 0 Å². The summed E-state index contributed by atoms with van der Waals surface area (Å²) in [6.45, 7) is 1.52. The summed E-state index contributed by atoms with van der Waals surface area (Å²) in [5.74, 6) is 0. The second-order valence-corrected chi connectivity index (χ2v) is 3.99. The lowest BCUT2D eigenvalue weighted by Crippen LogP contribution is -2.19. The molecule has 0 radical (unpaired) electrons. The minimum absolute atomic E-state index is 0.329. The molecule has 0 amide bonds. The Balaban J connectivity index is 2.08. The zero-order chi connectivity index (χ0) is 9.97. The van der Waals surface area contributed by atoms with Gasteiger partial charge in [0.15, 0.2) is 0 Å². The van der Waals surface area contributed by atoms with Crippen LogP contribution in [0.4, 0.5) is 5.69 Å². The summed E-state index contributed by atoms with van der Waals surface area (Å²) in [6, 6.07) is 1.96. The molecule has 3 nitrogen and oxygen atoms in total. The van der Waals surface area contributed by atoms with Crippen molar-refractivity contribution in [2.24, 2.45) is 0 Å². The molecule has 0 spiro atoms. The predicted molar refractivity (Wildman–Crippen MR) is 57.1 cm³/mol. The minimum Gasteiger partial charge on any atom is -0.379 e. The fourth-order valence-electron chi connectivity index (χ4n) is 1.38. The van der Waals surface area contributed by atoms with Crippen molar-refractivity contribution in [1.29, 1.82) is 0 Å². The second-order valence-electron chi connectivity index (χ2n) is 3.19. The third-order valence-electron chi connectivity index (χ3n) is 2.11. The molecule has 1 atom stereocenters. The van der Waals surface area contributed by atoms with Crippen LogP contribution >= 0.6 is 23.2 Å². The Kier molecular flexibility index (Phi) is 3.11. The molecule has 1 unspecified atom stereocenters. The maximum absolute atomic E-state index is 5.98. The van der Waals surface area contributed by atoms with Crippen LogP contribution < -0.4 is 5.32 Å². The predicted octanol–water partition coefficient (Wildman–Crippen LogP) is 2.59. The minimum atomic E-state index is 0.329. The Morgan fingerprint density at radius 1 is 1.50 bits per heavy atom. The van der Waals surface area contributed by atoms with Crippen LogP contribution in [0.2, 0.25) is 10.2 Å². The van der Waals surface area contributed by atoms with Gasteiger partial charge < -0.3 is 10.1 Å². The monoisotopic (exact) mass is 232 g/mol. The van der Waals surface area contributed by atoms with Crippen LogP contribution in [0.5, 0.6) is 0 Å². The van der Waals surface area contributed by atoms with Gasteiger partial charge in [0.25, 0.3) is 0 Å². The highest BCUT2D eigenvalue weighted by Gasteiger charge is 2.16. The van der Waals surface area contributed by atoms with Crippen molar-refractivity contribution in [1.82, 2.24) is 4.98 Å². The van der Waals surface area contributed by atoms with Crippen molar-refractivity contribution in [3.8, 4) is 0 Å². The maximum Gasteiger partial charge on any atom is 0.130 e. The average Bonchev–Trinajstić information content (AvgIpc) is 2.62. The molecule has 1 saturated heterocycles. The molecule has 1 aromatic rings. The quantitative estimate of drug-likeness (QED) is 0.797. The van der Waals surface area contributed by atoms with Crippen LogP contribution in [-0.4, -0.2) is 24.2 Å². The number of hydrogen-bond donors (Lipinski definition) is 1. The summed E-state index contributed by atoms with van der Waals surface area (Å²) in [6.07, 6.45) is 2.64. The SMILES string of the molecule is Clc1cc(Cl)c(NC2CCOC2)cn1. The third-order valence-corrected chi connectivity index (χ3v) is 2.63.